The first-order valence-electron chi connectivity index (χ1n) is 7.35. The molecule has 2 N–H and O–H groups in total. The van der Waals surface area contributed by atoms with Gasteiger partial charge in [-0.2, -0.15) is 0 Å². The van der Waals surface area contributed by atoms with Crippen LogP contribution in [0, 0.1) is 0 Å². The molecule has 1 saturated carbocycles. The molecule has 0 amide bonds. The van der Waals surface area contributed by atoms with Crippen LogP contribution < -0.4 is 5.73 Å². The van der Waals surface area contributed by atoms with E-state index >= 15 is 0 Å². The minimum Gasteiger partial charge on any atom is -0.402 e. The average Bonchev–Trinajstić information content (AvgIpc) is 2.38. The highest BCUT2D eigenvalue weighted by molar-refractivity contribution is 6.66. The molecule has 0 saturated heterocycles. The summed E-state index contributed by atoms with van der Waals surface area (Å²) < 4.78 is 11.7. The lowest BCUT2D eigenvalue weighted by Crippen LogP contribution is -2.39. The highest BCUT2D eigenvalue weighted by Gasteiger charge is 2.30. The molecule has 0 aromatic rings. The lowest BCUT2D eigenvalue weighted by Gasteiger charge is -2.26. The maximum absolute atomic E-state index is 6.24. The number of rotatable bonds is 7. The van der Waals surface area contributed by atoms with Gasteiger partial charge in [-0.25, -0.2) is 0 Å². The van der Waals surface area contributed by atoms with E-state index in [1.54, 1.807) is 0 Å². The molecule has 0 bridgehead atoms. The molecular weight excluding hydrogens is 242 g/mol. The first kappa shape index (κ1) is 15.7. The Labute approximate surface area is 113 Å². The van der Waals surface area contributed by atoms with E-state index in [9.17, 15) is 0 Å². The van der Waals surface area contributed by atoms with E-state index in [1.807, 2.05) is 13.8 Å². The van der Waals surface area contributed by atoms with Crippen molar-refractivity contribution >= 4 is 8.56 Å². The van der Waals surface area contributed by atoms with Gasteiger partial charge in [0.05, 0.1) is 0 Å². The summed E-state index contributed by atoms with van der Waals surface area (Å²) in [6, 6.07) is 0.976. The van der Waals surface area contributed by atoms with Crippen molar-refractivity contribution in [2.45, 2.75) is 65.0 Å². The van der Waals surface area contributed by atoms with Gasteiger partial charge in [0.2, 0.25) is 0 Å². The van der Waals surface area contributed by atoms with E-state index in [1.165, 1.54) is 37.7 Å². The van der Waals surface area contributed by atoms with Crippen LogP contribution in [0.3, 0.4) is 0 Å². The Kier molecular flexibility index (Phi) is 6.97. The summed E-state index contributed by atoms with van der Waals surface area (Å²) in [4.78, 5) is 0. The summed E-state index contributed by atoms with van der Waals surface area (Å²) in [6.07, 6.45) is 7.32. The fraction of sp³-hybridized carbons (Fsp3) is 0.857. The maximum atomic E-state index is 6.24. The molecule has 1 aliphatic rings. The van der Waals surface area contributed by atoms with Gasteiger partial charge in [-0.3, -0.25) is 0 Å². The smallest absolute Gasteiger partial charge is 0.335 e. The Morgan fingerprint density at radius 2 is 1.67 bits per heavy atom. The quantitative estimate of drug-likeness (QED) is 0.718. The Balaban J connectivity index is 2.50. The zero-order chi connectivity index (χ0) is 13.4. The van der Waals surface area contributed by atoms with E-state index < -0.39 is 8.56 Å². The SMILES string of the molecule is CCO[Si](C)(CCC(N)=C1CCCCC1)OCC. The number of allylic oxidation sites excluding steroid dienone is 2. The maximum Gasteiger partial charge on any atom is 0.335 e. The van der Waals surface area contributed by atoms with Crippen LogP contribution in [0.5, 0.6) is 0 Å². The number of hydrogen-bond acceptors (Lipinski definition) is 3. The summed E-state index contributed by atoms with van der Waals surface area (Å²) in [5.74, 6) is 0. The molecule has 1 rings (SSSR count). The largest absolute Gasteiger partial charge is 0.402 e. The van der Waals surface area contributed by atoms with Gasteiger partial charge in [-0.05, 0) is 58.5 Å². The highest BCUT2D eigenvalue weighted by Crippen LogP contribution is 2.27. The molecule has 0 unspecified atom stereocenters. The summed E-state index contributed by atoms with van der Waals surface area (Å²) in [6.45, 7) is 7.69. The zero-order valence-electron chi connectivity index (χ0n) is 12.3. The summed E-state index contributed by atoms with van der Waals surface area (Å²) >= 11 is 0. The molecule has 0 aliphatic heterocycles. The lowest BCUT2D eigenvalue weighted by atomic mass is 9.93. The van der Waals surface area contributed by atoms with Crippen LogP contribution in [0.4, 0.5) is 0 Å². The van der Waals surface area contributed by atoms with Gasteiger partial charge < -0.3 is 14.6 Å². The third-order valence-corrected chi connectivity index (χ3v) is 6.62. The summed E-state index contributed by atoms with van der Waals surface area (Å²) in [5, 5.41) is 0. The van der Waals surface area contributed by atoms with Crippen LogP contribution in [0.1, 0.15) is 52.4 Å². The van der Waals surface area contributed by atoms with Crippen molar-refractivity contribution in [3.8, 4) is 0 Å². The van der Waals surface area contributed by atoms with Crippen molar-refractivity contribution in [2.75, 3.05) is 13.2 Å². The third kappa shape index (κ3) is 5.12. The minimum absolute atomic E-state index is 0.735. The third-order valence-electron chi connectivity index (χ3n) is 3.66. The molecular formula is C14H29NO2Si. The van der Waals surface area contributed by atoms with Crippen LogP contribution in [-0.4, -0.2) is 21.8 Å². The monoisotopic (exact) mass is 271 g/mol. The average molecular weight is 271 g/mol. The van der Waals surface area contributed by atoms with Gasteiger partial charge in [-0.15, -0.1) is 0 Å². The van der Waals surface area contributed by atoms with Gasteiger partial charge in [0.25, 0.3) is 0 Å². The second-order valence-electron chi connectivity index (χ2n) is 5.19. The molecule has 18 heavy (non-hydrogen) atoms. The van der Waals surface area contributed by atoms with Crippen LogP contribution in [0.15, 0.2) is 11.3 Å². The van der Waals surface area contributed by atoms with Crippen molar-refractivity contribution < 1.29 is 8.85 Å². The van der Waals surface area contributed by atoms with Crippen LogP contribution in [0.25, 0.3) is 0 Å². The second kappa shape index (κ2) is 7.97. The molecule has 0 aromatic carbocycles. The number of hydrogen-bond donors (Lipinski definition) is 1. The molecule has 3 nitrogen and oxygen atoms in total. The fourth-order valence-corrected chi connectivity index (χ4v) is 4.95. The normalized spacial score (nSPS) is 16.9. The van der Waals surface area contributed by atoms with E-state index in [0.29, 0.717) is 0 Å². The Bertz CT molecular complexity index is 265. The second-order valence-corrected chi connectivity index (χ2v) is 8.53. The van der Waals surface area contributed by atoms with Crippen LogP contribution in [-0.2, 0) is 8.85 Å². The summed E-state index contributed by atoms with van der Waals surface area (Å²) in [5.41, 5.74) is 8.83. The van der Waals surface area contributed by atoms with Gasteiger partial charge in [-0.1, -0.05) is 12.0 Å². The minimum atomic E-state index is -1.99. The first-order valence-corrected chi connectivity index (χ1v) is 9.88. The van der Waals surface area contributed by atoms with Gasteiger partial charge >= 0.3 is 8.56 Å². The molecule has 0 heterocycles. The van der Waals surface area contributed by atoms with E-state index in [0.717, 1.165) is 31.4 Å². The molecule has 106 valence electrons. The van der Waals surface area contributed by atoms with Crippen LogP contribution >= 0.6 is 0 Å². The summed E-state index contributed by atoms with van der Waals surface area (Å²) in [7, 11) is -1.99. The Hall–Kier alpha value is -0.323. The fourth-order valence-electron chi connectivity index (χ4n) is 2.63. The van der Waals surface area contributed by atoms with Crippen molar-refractivity contribution in [3.05, 3.63) is 11.3 Å². The van der Waals surface area contributed by atoms with Gasteiger partial charge in [0, 0.05) is 18.9 Å². The predicted molar refractivity (Wildman–Crippen MR) is 78.6 cm³/mol. The van der Waals surface area contributed by atoms with Crippen molar-refractivity contribution in [1.29, 1.82) is 0 Å². The standard InChI is InChI=1S/C14H29NO2Si/c1-4-16-18(3,17-5-2)12-11-14(15)13-9-7-6-8-10-13/h4-12,15H2,1-3H3. The number of nitrogens with two attached hydrogens (primary N) is 1. The molecule has 4 heteroatoms. The first-order chi connectivity index (χ1) is 8.61. The highest BCUT2D eigenvalue weighted by atomic mass is 28.4. The molecule has 0 spiro atoms. The van der Waals surface area contributed by atoms with Crippen molar-refractivity contribution in [3.63, 3.8) is 0 Å². The molecule has 0 radical (unpaired) electrons. The Morgan fingerprint density at radius 1 is 1.11 bits per heavy atom. The van der Waals surface area contributed by atoms with E-state index in [2.05, 4.69) is 6.55 Å². The van der Waals surface area contributed by atoms with Gasteiger partial charge in [0.15, 0.2) is 0 Å². The Morgan fingerprint density at radius 3 is 2.17 bits per heavy atom. The van der Waals surface area contributed by atoms with Crippen LogP contribution in [0.2, 0.25) is 12.6 Å². The molecule has 0 aromatic heterocycles. The van der Waals surface area contributed by atoms with E-state index in [4.69, 9.17) is 14.6 Å². The van der Waals surface area contributed by atoms with Crippen molar-refractivity contribution in [2.24, 2.45) is 5.73 Å². The molecule has 1 fully saturated rings. The predicted octanol–water partition coefficient (Wildman–Crippen LogP) is 3.70. The molecule has 0 atom stereocenters. The van der Waals surface area contributed by atoms with E-state index in [-0.39, 0.29) is 0 Å². The van der Waals surface area contributed by atoms with Crippen molar-refractivity contribution in [1.82, 2.24) is 0 Å². The zero-order valence-corrected chi connectivity index (χ0v) is 13.3. The van der Waals surface area contributed by atoms with Gasteiger partial charge in [0.1, 0.15) is 0 Å². The lowest BCUT2D eigenvalue weighted by molar-refractivity contribution is 0.189. The molecule has 1 aliphatic carbocycles. The topological polar surface area (TPSA) is 44.5 Å².